The van der Waals surface area contributed by atoms with Crippen LogP contribution in [0, 0.1) is 17.7 Å². The van der Waals surface area contributed by atoms with Gasteiger partial charge in [0.15, 0.2) is 0 Å². The van der Waals surface area contributed by atoms with Crippen LogP contribution in [0.15, 0.2) is 22.7 Å². The van der Waals surface area contributed by atoms with Gasteiger partial charge in [-0.3, -0.25) is 0 Å². The van der Waals surface area contributed by atoms with Gasteiger partial charge in [-0.05, 0) is 58.4 Å². The Bertz CT molecular complexity index is 397. The molecule has 94 valence electrons. The molecule has 2 rings (SSSR count). The fraction of sp³-hybridized carbons (Fsp3) is 0.538. The molecule has 1 aliphatic carbocycles. The Morgan fingerprint density at radius 3 is 2.82 bits per heavy atom. The van der Waals surface area contributed by atoms with E-state index in [0.29, 0.717) is 11.0 Å². The summed E-state index contributed by atoms with van der Waals surface area (Å²) in [5, 5.41) is 3.46. The smallest absolute Gasteiger partial charge is 0.137 e. The molecule has 0 spiro atoms. The molecule has 2 nitrogen and oxygen atoms in total. The van der Waals surface area contributed by atoms with Crippen molar-refractivity contribution in [2.45, 2.75) is 19.4 Å². The molecule has 0 saturated heterocycles. The van der Waals surface area contributed by atoms with E-state index in [4.69, 9.17) is 5.73 Å². The fourth-order valence-corrected chi connectivity index (χ4v) is 2.44. The number of rotatable bonds is 5. The van der Waals surface area contributed by atoms with Crippen molar-refractivity contribution >= 4 is 15.9 Å². The Kier molecular flexibility index (Phi) is 4.17. The van der Waals surface area contributed by atoms with Crippen molar-refractivity contribution in [1.29, 1.82) is 0 Å². The number of benzene rings is 1. The lowest BCUT2D eigenvalue weighted by Crippen LogP contribution is -2.30. The van der Waals surface area contributed by atoms with E-state index in [1.807, 2.05) is 0 Å². The number of hydrogen-bond acceptors (Lipinski definition) is 2. The van der Waals surface area contributed by atoms with Crippen LogP contribution < -0.4 is 11.1 Å². The molecule has 0 aliphatic heterocycles. The molecule has 0 aromatic heterocycles. The van der Waals surface area contributed by atoms with Gasteiger partial charge in [0, 0.05) is 12.6 Å². The third kappa shape index (κ3) is 3.27. The van der Waals surface area contributed by atoms with E-state index in [0.717, 1.165) is 23.9 Å². The van der Waals surface area contributed by atoms with Crippen LogP contribution in [0.5, 0.6) is 0 Å². The Labute approximate surface area is 110 Å². The van der Waals surface area contributed by atoms with Gasteiger partial charge in [0.05, 0.1) is 4.47 Å². The highest BCUT2D eigenvalue weighted by Gasteiger charge is 2.32. The maximum Gasteiger partial charge on any atom is 0.137 e. The van der Waals surface area contributed by atoms with Gasteiger partial charge in [-0.1, -0.05) is 13.0 Å². The van der Waals surface area contributed by atoms with Crippen molar-refractivity contribution in [2.75, 3.05) is 13.1 Å². The Morgan fingerprint density at radius 1 is 1.59 bits per heavy atom. The average Bonchev–Trinajstić information content (AvgIpc) is 3.00. The fourth-order valence-electron chi connectivity index (χ4n) is 2.04. The van der Waals surface area contributed by atoms with Crippen molar-refractivity contribution in [1.82, 2.24) is 5.32 Å². The predicted octanol–water partition coefficient (Wildman–Crippen LogP) is 2.83. The first-order valence-corrected chi connectivity index (χ1v) is 6.79. The zero-order chi connectivity index (χ0) is 12.4. The van der Waals surface area contributed by atoms with E-state index in [1.54, 1.807) is 12.1 Å². The van der Waals surface area contributed by atoms with Gasteiger partial charge in [0.2, 0.25) is 0 Å². The minimum atomic E-state index is -0.236. The van der Waals surface area contributed by atoms with Crippen LogP contribution in [0.4, 0.5) is 4.39 Å². The largest absolute Gasteiger partial charge is 0.329 e. The predicted molar refractivity (Wildman–Crippen MR) is 71.2 cm³/mol. The van der Waals surface area contributed by atoms with E-state index in [1.165, 1.54) is 12.5 Å². The number of halogens is 2. The summed E-state index contributed by atoms with van der Waals surface area (Å²) in [6.07, 6.45) is 1.30. The van der Waals surface area contributed by atoms with Crippen LogP contribution in [0.2, 0.25) is 0 Å². The van der Waals surface area contributed by atoms with Gasteiger partial charge in [-0.25, -0.2) is 4.39 Å². The van der Waals surface area contributed by atoms with E-state index in [9.17, 15) is 4.39 Å². The van der Waals surface area contributed by atoms with E-state index < -0.39 is 0 Å². The Hall–Kier alpha value is -0.450. The third-order valence-electron chi connectivity index (χ3n) is 3.48. The van der Waals surface area contributed by atoms with Crippen molar-refractivity contribution in [3.8, 4) is 0 Å². The number of hydrogen-bond donors (Lipinski definition) is 2. The lowest BCUT2D eigenvalue weighted by molar-refractivity contribution is 0.510. The first-order valence-electron chi connectivity index (χ1n) is 6.00. The summed E-state index contributed by atoms with van der Waals surface area (Å²) in [7, 11) is 0. The minimum absolute atomic E-state index is 0.111. The van der Waals surface area contributed by atoms with Gasteiger partial charge >= 0.3 is 0 Å². The van der Waals surface area contributed by atoms with Crippen LogP contribution in [-0.2, 0) is 0 Å². The molecular weight excluding hydrogens is 283 g/mol. The summed E-state index contributed by atoms with van der Waals surface area (Å²) in [5.41, 5.74) is 6.80. The molecule has 3 unspecified atom stereocenters. The van der Waals surface area contributed by atoms with Gasteiger partial charge in [-0.2, -0.15) is 0 Å². The monoisotopic (exact) mass is 300 g/mol. The zero-order valence-corrected chi connectivity index (χ0v) is 11.5. The molecule has 0 radical (unpaired) electrons. The second kappa shape index (κ2) is 5.46. The first kappa shape index (κ1) is 13.0. The van der Waals surface area contributed by atoms with Crippen molar-refractivity contribution in [3.63, 3.8) is 0 Å². The zero-order valence-electron chi connectivity index (χ0n) is 9.92. The maximum absolute atomic E-state index is 13.1. The summed E-state index contributed by atoms with van der Waals surface area (Å²) in [6, 6.07) is 5.18. The van der Waals surface area contributed by atoms with Gasteiger partial charge in [0.25, 0.3) is 0 Å². The summed E-state index contributed by atoms with van der Waals surface area (Å²) in [5.74, 6) is 1.38. The molecule has 0 bridgehead atoms. The second-order valence-electron chi connectivity index (χ2n) is 4.84. The van der Waals surface area contributed by atoms with Gasteiger partial charge in [0.1, 0.15) is 5.82 Å². The van der Waals surface area contributed by atoms with E-state index >= 15 is 0 Å². The van der Waals surface area contributed by atoms with Crippen LogP contribution in [-0.4, -0.2) is 13.1 Å². The highest BCUT2D eigenvalue weighted by atomic mass is 79.9. The van der Waals surface area contributed by atoms with Crippen LogP contribution in [0.3, 0.4) is 0 Å². The molecule has 1 aromatic rings. The van der Waals surface area contributed by atoms with Gasteiger partial charge < -0.3 is 11.1 Å². The maximum atomic E-state index is 13.1. The highest BCUT2D eigenvalue weighted by molar-refractivity contribution is 9.10. The molecule has 3 N–H and O–H groups in total. The molecular formula is C13H18BrFN2. The lowest BCUT2D eigenvalue weighted by Gasteiger charge is -2.17. The number of nitrogens with one attached hydrogen (secondary N) is 1. The SMILES string of the molecule is CC1CC1CNC(CN)c1ccc(F)c(Br)c1. The number of nitrogens with two attached hydrogens (primary N) is 1. The summed E-state index contributed by atoms with van der Waals surface area (Å²) < 4.78 is 13.6. The van der Waals surface area contributed by atoms with E-state index in [2.05, 4.69) is 28.2 Å². The molecule has 1 aliphatic rings. The summed E-state index contributed by atoms with van der Waals surface area (Å²) in [6.45, 7) is 3.79. The van der Waals surface area contributed by atoms with Crippen molar-refractivity contribution in [2.24, 2.45) is 17.6 Å². The standard InChI is InChI=1S/C13H18BrFN2/c1-8-4-10(8)7-17-13(6-16)9-2-3-12(15)11(14)5-9/h2-3,5,8,10,13,17H,4,6-7,16H2,1H3. The molecule has 4 heteroatoms. The quantitative estimate of drug-likeness (QED) is 0.877. The van der Waals surface area contributed by atoms with Crippen LogP contribution in [0.1, 0.15) is 24.9 Å². The lowest BCUT2D eigenvalue weighted by atomic mass is 10.1. The normalized spacial score (nSPS) is 24.7. The second-order valence-corrected chi connectivity index (χ2v) is 5.70. The van der Waals surface area contributed by atoms with Crippen LogP contribution in [0.25, 0.3) is 0 Å². The third-order valence-corrected chi connectivity index (χ3v) is 4.09. The Balaban J connectivity index is 1.98. The summed E-state index contributed by atoms with van der Waals surface area (Å²) >= 11 is 3.20. The summed E-state index contributed by atoms with van der Waals surface area (Å²) in [4.78, 5) is 0. The van der Waals surface area contributed by atoms with Gasteiger partial charge in [-0.15, -0.1) is 0 Å². The Morgan fingerprint density at radius 2 is 2.29 bits per heavy atom. The molecule has 1 saturated carbocycles. The topological polar surface area (TPSA) is 38.0 Å². The molecule has 17 heavy (non-hydrogen) atoms. The molecule has 1 aromatic carbocycles. The highest BCUT2D eigenvalue weighted by Crippen LogP contribution is 2.37. The first-order chi connectivity index (χ1) is 8.11. The molecule has 1 fully saturated rings. The minimum Gasteiger partial charge on any atom is -0.329 e. The van der Waals surface area contributed by atoms with Crippen molar-refractivity contribution < 1.29 is 4.39 Å². The van der Waals surface area contributed by atoms with Crippen molar-refractivity contribution in [3.05, 3.63) is 34.1 Å². The molecule has 0 heterocycles. The average molecular weight is 301 g/mol. The molecule has 0 amide bonds. The molecule has 3 atom stereocenters. The van der Waals surface area contributed by atoms with Crippen LogP contribution >= 0.6 is 15.9 Å². The van der Waals surface area contributed by atoms with E-state index in [-0.39, 0.29) is 11.9 Å².